The number of ether oxygens (including phenoxy) is 2. The molecule has 1 aliphatic carbocycles. The summed E-state index contributed by atoms with van der Waals surface area (Å²) in [6.45, 7) is 0. The van der Waals surface area contributed by atoms with Crippen molar-refractivity contribution in [1.82, 2.24) is 0 Å². The molecule has 1 aliphatic heterocycles. The van der Waals surface area contributed by atoms with Crippen LogP contribution < -0.4 is 14.8 Å². The van der Waals surface area contributed by atoms with Gasteiger partial charge in [-0.2, -0.15) is 0 Å². The second-order valence-corrected chi connectivity index (χ2v) is 6.59. The van der Waals surface area contributed by atoms with Crippen molar-refractivity contribution in [2.45, 2.75) is 37.9 Å². The Hall–Kier alpha value is -3.09. The van der Waals surface area contributed by atoms with Gasteiger partial charge < -0.3 is 14.8 Å². The van der Waals surface area contributed by atoms with Gasteiger partial charge in [-0.1, -0.05) is 18.2 Å². The highest BCUT2D eigenvalue weighted by atomic mass is 16.7. The van der Waals surface area contributed by atoms with Crippen LogP contribution in [0.3, 0.4) is 0 Å². The Morgan fingerprint density at radius 2 is 1.85 bits per heavy atom. The van der Waals surface area contributed by atoms with Gasteiger partial charge in [-0.3, -0.25) is 14.9 Å². The van der Waals surface area contributed by atoms with E-state index in [1.807, 2.05) is 0 Å². The van der Waals surface area contributed by atoms with Crippen LogP contribution in [0.4, 0.5) is 11.4 Å². The normalized spacial score (nSPS) is 16.6. The maximum absolute atomic E-state index is 12.3. The molecule has 26 heavy (non-hydrogen) atoms. The van der Waals surface area contributed by atoms with E-state index in [0.29, 0.717) is 22.7 Å². The van der Waals surface area contributed by atoms with Gasteiger partial charge in [-0.05, 0) is 25.0 Å². The predicted molar refractivity (Wildman–Crippen MR) is 94.3 cm³/mol. The summed E-state index contributed by atoms with van der Waals surface area (Å²) in [6, 6.07) is 11.5. The molecule has 2 aromatic rings. The predicted octanol–water partition coefficient (Wildman–Crippen LogP) is 3.82. The molecule has 0 radical (unpaired) electrons. The Labute approximate surface area is 150 Å². The van der Waals surface area contributed by atoms with Crippen LogP contribution in [0.25, 0.3) is 0 Å². The number of rotatable bonds is 4. The van der Waals surface area contributed by atoms with Gasteiger partial charge >= 0.3 is 0 Å². The van der Waals surface area contributed by atoms with Gasteiger partial charge in [0, 0.05) is 36.2 Å². The lowest BCUT2D eigenvalue weighted by molar-refractivity contribution is -0.385. The quantitative estimate of drug-likeness (QED) is 0.666. The molecule has 0 atom stereocenters. The van der Waals surface area contributed by atoms with Crippen molar-refractivity contribution in [3.05, 3.63) is 58.1 Å². The summed E-state index contributed by atoms with van der Waals surface area (Å²) in [4.78, 5) is 22.9. The van der Waals surface area contributed by atoms with Crippen molar-refractivity contribution in [2.24, 2.45) is 0 Å². The average Bonchev–Trinajstić information content (AvgIpc) is 3.20. The van der Waals surface area contributed by atoms with Crippen LogP contribution in [-0.4, -0.2) is 16.6 Å². The molecule has 1 amide bonds. The first-order valence-electron chi connectivity index (χ1n) is 8.59. The number of hydrogen-bond donors (Lipinski definition) is 1. The summed E-state index contributed by atoms with van der Waals surface area (Å²) in [7, 11) is 0. The number of benzene rings is 2. The number of nitro benzene ring substituents is 1. The molecule has 1 fully saturated rings. The van der Waals surface area contributed by atoms with Gasteiger partial charge in [0.15, 0.2) is 11.5 Å². The fourth-order valence-corrected chi connectivity index (χ4v) is 3.51. The summed E-state index contributed by atoms with van der Waals surface area (Å²) < 4.78 is 11.9. The van der Waals surface area contributed by atoms with Crippen molar-refractivity contribution in [3.63, 3.8) is 0 Å². The molecule has 4 rings (SSSR count). The minimum atomic E-state index is -0.546. The first kappa shape index (κ1) is 16.4. The molecule has 1 heterocycles. The van der Waals surface area contributed by atoms with Crippen molar-refractivity contribution in [2.75, 3.05) is 5.32 Å². The van der Waals surface area contributed by atoms with Crippen LogP contribution in [0.1, 0.15) is 31.2 Å². The van der Waals surface area contributed by atoms with E-state index in [2.05, 4.69) is 5.32 Å². The van der Waals surface area contributed by atoms with E-state index in [-0.39, 0.29) is 18.0 Å². The molecule has 2 aromatic carbocycles. The second-order valence-electron chi connectivity index (χ2n) is 6.59. The topological polar surface area (TPSA) is 90.7 Å². The third-order valence-electron chi connectivity index (χ3n) is 4.72. The number of nitrogens with zero attached hydrogens (tertiary/aromatic N) is 1. The van der Waals surface area contributed by atoms with Crippen molar-refractivity contribution < 1.29 is 19.2 Å². The van der Waals surface area contributed by atoms with Crippen molar-refractivity contribution in [3.8, 4) is 11.5 Å². The fraction of sp³-hybridized carbons (Fsp3) is 0.316. The molecule has 2 aliphatic rings. The highest BCUT2D eigenvalue weighted by Crippen LogP contribution is 2.47. The minimum Gasteiger partial charge on any atom is -0.448 e. The van der Waals surface area contributed by atoms with Gasteiger partial charge in [-0.25, -0.2) is 0 Å². The summed E-state index contributed by atoms with van der Waals surface area (Å²) in [6.07, 6.45) is 3.80. The van der Waals surface area contributed by atoms with E-state index in [9.17, 15) is 14.9 Å². The van der Waals surface area contributed by atoms with Crippen LogP contribution in [0.5, 0.6) is 11.5 Å². The van der Waals surface area contributed by atoms with E-state index in [4.69, 9.17) is 9.47 Å². The third kappa shape index (κ3) is 3.08. The lowest BCUT2D eigenvalue weighted by atomic mass is 10.1. The molecule has 134 valence electrons. The third-order valence-corrected chi connectivity index (χ3v) is 4.72. The molecule has 0 unspecified atom stereocenters. The second kappa shape index (κ2) is 6.33. The first-order valence-corrected chi connectivity index (χ1v) is 8.59. The Morgan fingerprint density at radius 3 is 2.62 bits per heavy atom. The van der Waals surface area contributed by atoms with Crippen molar-refractivity contribution in [1.29, 1.82) is 0 Å². The molecule has 1 saturated carbocycles. The molecular weight excluding hydrogens is 336 g/mol. The minimum absolute atomic E-state index is 0.0588. The molecule has 0 aromatic heterocycles. The summed E-state index contributed by atoms with van der Waals surface area (Å²) in [5.41, 5.74) is 0.892. The highest BCUT2D eigenvalue weighted by Gasteiger charge is 2.44. The zero-order valence-electron chi connectivity index (χ0n) is 14.1. The number of para-hydroxylation sites is 1. The Kier molecular flexibility index (Phi) is 3.99. The maximum Gasteiger partial charge on any atom is 0.273 e. The molecule has 0 saturated heterocycles. The van der Waals surface area contributed by atoms with E-state index >= 15 is 0 Å². The van der Waals surface area contributed by atoms with Crippen LogP contribution in [-0.2, 0) is 11.2 Å². The molecule has 0 bridgehead atoms. The maximum atomic E-state index is 12.3. The van der Waals surface area contributed by atoms with Gasteiger partial charge in [0.1, 0.15) is 0 Å². The molecule has 7 heteroatoms. The molecular formula is C19H18N2O5. The van der Waals surface area contributed by atoms with Crippen LogP contribution in [0.2, 0.25) is 0 Å². The van der Waals surface area contributed by atoms with E-state index in [1.54, 1.807) is 36.4 Å². The number of hydrogen-bond acceptors (Lipinski definition) is 5. The molecule has 1 spiro atoms. The number of carbonyl (C=O) groups excluding carboxylic acids is 1. The first-order chi connectivity index (χ1) is 12.5. The summed E-state index contributed by atoms with van der Waals surface area (Å²) in [5, 5.41) is 13.8. The monoisotopic (exact) mass is 354 g/mol. The molecule has 1 N–H and O–H groups in total. The lowest BCUT2D eigenvalue weighted by Crippen LogP contribution is -2.34. The fourth-order valence-electron chi connectivity index (χ4n) is 3.51. The number of nitro groups is 1. The number of nitrogens with one attached hydrogen (secondary N) is 1. The van der Waals surface area contributed by atoms with Gasteiger partial charge in [0.25, 0.3) is 11.5 Å². The number of fused-ring (bicyclic) bond motifs is 1. The lowest BCUT2D eigenvalue weighted by Gasteiger charge is -2.21. The van der Waals surface area contributed by atoms with Gasteiger partial charge in [0.05, 0.1) is 11.3 Å². The Bertz CT molecular complexity index is 874. The number of anilines is 1. The largest absolute Gasteiger partial charge is 0.448 e. The Balaban J connectivity index is 1.46. The number of carbonyl (C=O) groups is 1. The Morgan fingerprint density at radius 1 is 1.12 bits per heavy atom. The SMILES string of the molecule is O=C(Cc1ccccc1[N+](=O)[O-])Nc1ccc2c(c1)OC1(CCCC1)O2. The number of amides is 1. The van der Waals surface area contributed by atoms with Gasteiger partial charge in [0.2, 0.25) is 5.91 Å². The van der Waals surface area contributed by atoms with Gasteiger partial charge in [-0.15, -0.1) is 0 Å². The van der Waals surface area contributed by atoms with E-state index < -0.39 is 10.7 Å². The summed E-state index contributed by atoms with van der Waals surface area (Å²) in [5.74, 6) is 0.433. The molecule has 7 nitrogen and oxygen atoms in total. The smallest absolute Gasteiger partial charge is 0.273 e. The zero-order chi connectivity index (χ0) is 18.1. The van der Waals surface area contributed by atoms with Crippen LogP contribution >= 0.6 is 0 Å². The average molecular weight is 354 g/mol. The summed E-state index contributed by atoms with van der Waals surface area (Å²) >= 11 is 0. The van der Waals surface area contributed by atoms with E-state index in [0.717, 1.165) is 25.7 Å². The zero-order valence-corrected chi connectivity index (χ0v) is 14.1. The van der Waals surface area contributed by atoms with E-state index in [1.165, 1.54) is 6.07 Å². The van der Waals surface area contributed by atoms with Crippen LogP contribution in [0, 0.1) is 10.1 Å². The van der Waals surface area contributed by atoms with Crippen molar-refractivity contribution >= 4 is 17.3 Å². The van der Waals surface area contributed by atoms with Crippen LogP contribution in [0.15, 0.2) is 42.5 Å². The highest BCUT2D eigenvalue weighted by molar-refractivity contribution is 5.93. The standard InChI is InChI=1S/C19H18N2O5/c22-18(11-13-5-1-2-6-15(13)21(23)24)20-14-7-8-16-17(12-14)26-19(25-16)9-3-4-10-19/h1-2,5-8,12H,3-4,9-11H2,(H,20,22).